The van der Waals surface area contributed by atoms with Gasteiger partial charge in [0, 0.05) is 5.69 Å². The van der Waals surface area contributed by atoms with Crippen LogP contribution in [-0.4, -0.2) is 18.7 Å². The summed E-state index contributed by atoms with van der Waals surface area (Å²) in [6.45, 7) is 4.01. The van der Waals surface area contributed by atoms with Gasteiger partial charge in [-0.1, -0.05) is 6.92 Å². The molecule has 1 aromatic carbocycles. The maximum Gasteiger partial charge on any atom is 0.347 e. The molecule has 0 saturated carbocycles. The number of rotatable bonds is 5. The van der Waals surface area contributed by atoms with Gasteiger partial charge in [0.1, 0.15) is 5.75 Å². The van der Waals surface area contributed by atoms with Crippen LogP contribution in [-0.2, 0) is 9.53 Å². The number of ether oxygens (including phenoxy) is 2. The van der Waals surface area contributed by atoms with Gasteiger partial charge in [0.05, 0.1) is 6.61 Å². The number of anilines is 1. The summed E-state index contributed by atoms with van der Waals surface area (Å²) in [5.41, 5.74) is 6.21. The normalized spacial score (nSPS) is 11.2. The van der Waals surface area contributed by atoms with Gasteiger partial charge in [-0.25, -0.2) is 4.79 Å². The zero-order chi connectivity index (χ0) is 12.0. The lowest BCUT2D eigenvalue weighted by Crippen LogP contribution is -2.28. The summed E-state index contributed by atoms with van der Waals surface area (Å²) in [6, 6.07) is 6.93. The quantitative estimate of drug-likeness (QED) is 0.652. The monoisotopic (exact) mass is 259 g/mol. The van der Waals surface area contributed by atoms with Gasteiger partial charge in [0.25, 0.3) is 0 Å². The van der Waals surface area contributed by atoms with Crippen LogP contribution < -0.4 is 10.5 Å². The highest BCUT2D eigenvalue weighted by Crippen LogP contribution is 2.16. The van der Waals surface area contributed by atoms with Gasteiger partial charge in [-0.05, 0) is 37.6 Å². The Morgan fingerprint density at radius 3 is 2.35 bits per heavy atom. The van der Waals surface area contributed by atoms with Gasteiger partial charge >= 0.3 is 5.97 Å². The number of hydrogen-bond donors (Lipinski definition) is 1. The molecule has 1 rings (SSSR count). The number of benzene rings is 1. The van der Waals surface area contributed by atoms with Crippen molar-refractivity contribution in [3.63, 3.8) is 0 Å². The summed E-state index contributed by atoms with van der Waals surface area (Å²) >= 11 is 0. The van der Waals surface area contributed by atoms with Crippen molar-refractivity contribution in [2.75, 3.05) is 12.3 Å². The van der Waals surface area contributed by atoms with E-state index < -0.39 is 6.10 Å². The van der Waals surface area contributed by atoms with Gasteiger partial charge < -0.3 is 15.2 Å². The minimum Gasteiger partial charge on any atom is -0.479 e. The third-order valence-corrected chi connectivity index (χ3v) is 2.08. The summed E-state index contributed by atoms with van der Waals surface area (Å²) in [4.78, 5) is 11.5. The summed E-state index contributed by atoms with van der Waals surface area (Å²) in [7, 11) is 0. The first-order valence-corrected chi connectivity index (χ1v) is 5.36. The number of nitrogen functional groups attached to an aromatic ring is 1. The van der Waals surface area contributed by atoms with Crippen LogP contribution in [0.5, 0.6) is 5.75 Å². The van der Waals surface area contributed by atoms with Crippen molar-refractivity contribution in [2.45, 2.75) is 26.4 Å². The lowest BCUT2D eigenvalue weighted by molar-refractivity contribution is -0.151. The summed E-state index contributed by atoms with van der Waals surface area (Å²) in [5.74, 6) is 0.288. The van der Waals surface area contributed by atoms with Crippen molar-refractivity contribution < 1.29 is 14.3 Å². The molecule has 1 unspecified atom stereocenters. The van der Waals surface area contributed by atoms with Crippen LogP contribution in [0.3, 0.4) is 0 Å². The van der Waals surface area contributed by atoms with Crippen LogP contribution in [0.25, 0.3) is 0 Å². The zero-order valence-corrected chi connectivity index (χ0v) is 10.8. The number of hydrogen-bond acceptors (Lipinski definition) is 4. The van der Waals surface area contributed by atoms with E-state index in [0.29, 0.717) is 24.5 Å². The Kier molecular flexibility index (Phi) is 7.14. The fourth-order valence-corrected chi connectivity index (χ4v) is 1.24. The van der Waals surface area contributed by atoms with Crippen molar-refractivity contribution in [2.24, 2.45) is 0 Å². The molecule has 0 aromatic heterocycles. The Hall–Kier alpha value is -1.42. The number of esters is 1. The van der Waals surface area contributed by atoms with Crippen LogP contribution in [0.2, 0.25) is 0 Å². The molecule has 0 aliphatic rings. The molecule has 0 aliphatic heterocycles. The van der Waals surface area contributed by atoms with E-state index in [9.17, 15) is 4.79 Å². The molecule has 1 aromatic rings. The highest BCUT2D eigenvalue weighted by Gasteiger charge is 2.19. The van der Waals surface area contributed by atoms with Crippen LogP contribution in [0.15, 0.2) is 24.3 Å². The number of halogens is 1. The first-order chi connectivity index (χ1) is 7.67. The minimum atomic E-state index is -0.552. The molecule has 2 N–H and O–H groups in total. The molecule has 0 radical (unpaired) electrons. The third-order valence-electron chi connectivity index (χ3n) is 2.08. The highest BCUT2D eigenvalue weighted by atomic mass is 35.5. The Morgan fingerprint density at radius 2 is 1.88 bits per heavy atom. The minimum absolute atomic E-state index is 0. The van der Waals surface area contributed by atoms with E-state index in [1.165, 1.54) is 0 Å². The fourth-order valence-electron chi connectivity index (χ4n) is 1.24. The molecule has 0 amide bonds. The lowest BCUT2D eigenvalue weighted by Gasteiger charge is -2.15. The standard InChI is InChI=1S/C12H17NO3.ClH/c1-3-11(12(14)15-4-2)16-10-7-5-9(13)6-8-10;/h5-8,11H,3-4,13H2,1-2H3;1H. The average molecular weight is 260 g/mol. The van der Waals surface area contributed by atoms with Crippen LogP contribution >= 0.6 is 12.4 Å². The summed E-state index contributed by atoms with van der Waals surface area (Å²) < 4.78 is 10.4. The van der Waals surface area contributed by atoms with Crippen molar-refractivity contribution in [1.29, 1.82) is 0 Å². The van der Waals surface area contributed by atoms with Crippen molar-refractivity contribution in [3.8, 4) is 5.75 Å². The number of nitrogens with two attached hydrogens (primary N) is 1. The molecule has 17 heavy (non-hydrogen) atoms. The van der Waals surface area contributed by atoms with Gasteiger partial charge in [0.2, 0.25) is 0 Å². The summed E-state index contributed by atoms with van der Waals surface area (Å²) in [6.07, 6.45) is 0.0204. The molecule has 0 saturated heterocycles. The molecule has 4 nitrogen and oxygen atoms in total. The Bertz CT molecular complexity index is 340. The van der Waals surface area contributed by atoms with E-state index in [1.807, 2.05) is 6.92 Å². The van der Waals surface area contributed by atoms with E-state index in [0.717, 1.165) is 0 Å². The van der Waals surface area contributed by atoms with E-state index in [-0.39, 0.29) is 18.4 Å². The Balaban J connectivity index is 0.00000256. The van der Waals surface area contributed by atoms with Crippen LogP contribution in [0.4, 0.5) is 5.69 Å². The van der Waals surface area contributed by atoms with E-state index in [1.54, 1.807) is 31.2 Å². The molecular formula is C12H18ClNO3. The molecule has 1 atom stereocenters. The number of carbonyl (C=O) groups is 1. The predicted molar refractivity (Wildman–Crippen MR) is 69.4 cm³/mol. The topological polar surface area (TPSA) is 61.5 Å². The summed E-state index contributed by atoms with van der Waals surface area (Å²) in [5, 5.41) is 0. The second-order valence-corrected chi connectivity index (χ2v) is 3.34. The first kappa shape index (κ1) is 15.6. The lowest BCUT2D eigenvalue weighted by atomic mass is 10.2. The Morgan fingerprint density at radius 1 is 1.29 bits per heavy atom. The van der Waals surface area contributed by atoms with Crippen molar-refractivity contribution >= 4 is 24.1 Å². The molecule has 0 fully saturated rings. The smallest absolute Gasteiger partial charge is 0.347 e. The molecular weight excluding hydrogens is 242 g/mol. The van der Waals surface area contributed by atoms with Crippen LogP contribution in [0.1, 0.15) is 20.3 Å². The molecule has 0 bridgehead atoms. The van der Waals surface area contributed by atoms with Gasteiger partial charge in [0.15, 0.2) is 6.10 Å². The SMILES string of the molecule is CCOC(=O)C(CC)Oc1ccc(N)cc1.Cl. The van der Waals surface area contributed by atoms with E-state index in [4.69, 9.17) is 15.2 Å². The van der Waals surface area contributed by atoms with Gasteiger partial charge in [-0.3, -0.25) is 0 Å². The maximum absolute atomic E-state index is 11.5. The third kappa shape index (κ3) is 4.95. The molecule has 0 aliphatic carbocycles. The number of carbonyl (C=O) groups excluding carboxylic acids is 1. The molecule has 96 valence electrons. The molecule has 5 heteroatoms. The maximum atomic E-state index is 11.5. The van der Waals surface area contributed by atoms with Crippen molar-refractivity contribution in [3.05, 3.63) is 24.3 Å². The van der Waals surface area contributed by atoms with E-state index in [2.05, 4.69) is 0 Å². The molecule has 0 spiro atoms. The predicted octanol–water partition coefficient (Wildman–Crippen LogP) is 2.41. The Labute approximate surface area is 108 Å². The first-order valence-electron chi connectivity index (χ1n) is 5.36. The highest BCUT2D eigenvalue weighted by molar-refractivity contribution is 5.85. The van der Waals surface area contributed by atoms with Crippen molar-refractivity contribution in [1.82, 2.24) is 0 Å². The van der Waals surface area contributed by atoms with Crippen LogP contribution in [0, 0.1) is 0 Å². The zero-order valence-electron chi connectivity index (χ0n) is 10.0. The fraction of sp³-hybridized carbons (Fsp3) is 0.417. The van der Waals surface area contributed by atoms with Gasteiger partial charge in [-0.15, -0.1) is 12.4 Å². The second kappa shape index (κ2) is 7.79. The van der Waals surface area contributed by atoms with E-state index >= 15 is 0 Å². The second-order valence-electron chi connectivity index (χ2n) is 3.34. The average Bonchev–Trinajstić information content (AvgIpc) is 2.28. The molecule has 0 heterocycles. The largest absolute Gasteiger partial charge is 0.479 e. The van der Waals surface area contributed by atoms with Gasteiger partial charge in [-0.2, -0.15) is 0 Å².